The average Bonchev–Trinajstić information content (AvgIpc) is 2.34. The van der Waals surface area contributed by atoms with E-state index in [0.717, 1.165) is 22.4 Å². The van der Waals surface area contributed by atoms with E-state index in [1.807, 2.05) is 13.0 Å². The summed E-state index contributed by atoms with van der Waals surface area (Å²) in [5.74, 6) is 0.759. The number of nitrogens with zero attached hydrogens (tertiary/aromatic N) is 1. The molecular formula is C7H8BrNO. The van der Waals surface area contributed by atoms with Gasteiger partial charge in [-0.1, -0.05) is 27.7 Å². The molecule has 2 nitrogen and oxygen atoms in total. The number of alkyl halides is 1. The zero-order valence-corrected chi connectivity index (χ0v) is 7.31. The molecular weight excluding hydrogens is 194 g/mol. The fourth-order valence-electron chi connectivity index (χ4n) is 0.596. The second-order valence-electron chi connectivity index (χ2n) is 2.07. The minimum Gasteiger partial charge on any atom is -0.356 e. The average molecular weight is 202 g/mol. The summed E-state index contributed by atoms with van der Waals surface area (Å²) < 4.78 is 4.94. The van der Waals surface area contributed by atoms with Crippen LogP contribution in [0.15, 0.2) is 17.2 Å². The van der Waals surface area contributed by atoms with Crippen LogP contribution in [0.1, 0.15) is 11.5 Å². The van der Waals surface area contributed by atoms with Gasteiger partial charge in [0.05, 0.1) is 5.69 Å². The van der Waals surface area contributed by atoms with Crippen molar-refractivity contribution in [2.45, 2.75) is 6.92 Å². The Labute approximate surface area is 68.0 Å². The van der Waals surface area contributed by atoms with Crippen molar-refractivity contribution in [1.29, 1.82) is 0 Å². The van der Waals surface area contributed by atoms with E-state index in [-0.39, 0.29) is 0 Å². The van der Waals surface area contributed by atoms with Crippen LogP contribution in [0.5, 0.6) is 0 Å². The summed E-state index contributed by atoms with van der Waals surface area (Å²) in [6.45, 7) is 5.66. The second kappa shape index (κ2) is 3.01. The molecule has 0 aliphatic heterocycles. The number of allylic oxidation sites excluding steroid dienone is 1. The van der Waals surface area contributed by atoms with Crippen LogP contribution >= 0.6 is 15.9 Å². The highest BCUT2D eigenvalue weighted by Gasteiger charge is 2.02. The molecule has 3 heteroatoms. The van der Waals surface area contributed by atoms with Crippen LogP contribution in [0.25, 0.3) is 5.57 Å². The molecule has 0 fully saturated rings. The van der Waals surface area contributed by atoms with Crippen LogP contribution in [0, 0.1) is 6.92 Å². The maximum absolute atomic E-state index is 4.94. The molecule has 0 saturated heterocycles. The number of rotatable bonds is 2. The van der Waals surface area contributed by atoms with Gasteiger partial charge in [-0.2, -0.15) is 0 Å². The molecule has 1 heterocycles. The van der Waals surface area contributed by atoms with Crippen molar-refractivity contribution >= 4 is 21.5 Å². The molecule has 0 saturated carbocycles. The molecule has 1 aromatic heterocycles. The smallest absolute Gasteiger partial charge is 0.163 e. The van der Waals surface area contributed by atoms with Crippen LogP contribution in [-0.2, 0) is 0 Å². The van der Waals surface area contributed by atoms with Gasteiger partial charge >= 0.3 is 0 Å². The van der Waals surface area contributed by atoms with Gasteiger partial charge in [-0.05, 0) is 6.92 Å². The lowest BCUT2D eigenvalue weighted by atomic mass is 10.2. The molecule has 0 radical (unpaired) electrons. The second-order valence-corrected chi connectivity index (χ2v) is 2.63. The summed E-state index contributed by atoms with van der Waals surface area (Å²) in [7, 11) is 0. The number of hydrogen-bond donors (Lipinski definition) is 0. The molecule has 0 aliphatic rings. The van der Waals surface area contributed by atoms with Crippen molar-refractivity contribution in [3.8, 4) is 0 Å². The first kappa shape index (κ1) is 7.54. The van der Waals surface area contributed by atoms with Crippen molar-refractivity contribution < 1.29 is 4.52 Å². The molecule has 1 rings (SSSR count). The normalized spacial score (nSPS) is 9.80. The topological polar surface area (TPSA) is 26.0 Å². The zero-order valence-electron chi connectivity index (χ0n) is 5.72. The summed E-state index contributed by atoms with van der Waals surface area (Å²) in [4.78, 5) is 0. The monoisotopic (exact) mass is 201 g/mol. The minimum atomic E-state index is 0.724. The summed E-state index contributed by atoms with van der Waals surface area (Å²) in [5.41, 5.74) is 1.80. The Morgan fingerprint density at radius 2 is 2.60 bits per heavy atom. The lowest BCUT2D eigenvalue weighted by Gasteiger charge is -1.89. The van der Waals surface area contributed by atoms with Gasteiger partial charge in [-0.25, -0.2) is 0 Å². The standard InChI is InChI=1S/C7H8BrNO/c1-5(4-8)7-3-6(2)9-10-7/h3H,1,4H2,2H3. The fourth-order valence-corrected chi connectivity index (χ4v) is 0.872. The largest absolute Gasteiger partial charge is 0.356 e. The first-order chi connectivity index (χ1) is 4.74. The van der Waals surface area contributed by atoms with E-state index in [9.17, 15) is 0 Å². The third kappa shape index (κ3) is 1.48. The van der Waals surface area contributed by atoms with Crippen molar-refractivity contribution in [2.24, 2.45) is 0 Å². The van der Waals surface area contributed by atoms with E-state index in [0.29, 0.717) is 0 Å². The van der Waals surface area contributed by atoms with Crippen LogP contribution < -0.4 is 0 Å². The third-order valence-electron chi connectivity index (χ3n) is 1.14. The minimum absolute atomic E-state index is 0.724. The Morgan fingerprint density at radius 1 is 1.90 bits per heavy atom. The highest BCUT2D eigenvalue weighted by Crippen LogP contribution is 2.14. The Bertz CT molecular complexity index is 242. The number of halogens is 1. The first-order valence-electron chi connectivity index (χ1n) is 2.91. The van der Waals surface area contributed by atoms with E-state index < -0.39 is 0 Å². The number of aryl methyl sites for hydroxylation is 1. The maximum Gasteiger partial charge on any atom is 0.163 e. The van der Waals surface area contributed by atoms with E-state index in [1.54, 1.807) is 0 Å². The Balaban J connectivity index is 2.85. The summed E-state index contributed by atoms with van der Waals surface area (Å²) >= 11 is 3.27. The summed E-state index contributed by atoms with van der Waals surface area (Å²) in [5, 5.41) is 4.45. The highest BCUT2D eigenvalue weighted by molar-refractivity contribution is 9.09. The van der Waals surface area contributed by atoms with Crippen LogP contribution in [0.3, 0.4) is 0 Å². The number of hydrogen-bond acceptors (Lipinski definition) is 2. The Hall–Kier alpha value is -0.570. The molecule has 0 N–H and O–H groups in total. The van der Waals surface area contributed by atoms with Gasteiger partial charge in [-0.3, -0.25) is 0 Å². The predicted octanol–water partition coefficient (Wildman–Crippen LogP) is 2.39. The van der Waals surface area contributed by atoms with Gasteiger partial charge in [0.25, 0.3) is 0 Å². The van der Waals surface area contributed by atoms with Crippen LogP contribution in [-0.4, -0.2) is 10.5 Å². The highest BCUT2D eigenvalue weighted by atomic mass is 79.9. The van der Waals surface area contributed by atoms with Crippen molar-refractivity contribution in [3.05, 3.63) is 24.1 Å². The van der Waals surface area contributed by atoms with Crippen molar-refractivity contribution in [2.75, 3.05) is 5.33 Å². The van der Waals surface area contributed by atoms with Crippen LogP contribution in [0.4, 0.5) is 0 Å². The first-order valence-corrected chi connectivity index (χ1v) is 4.03. The van der Waals surface area contributed by atoms with E-state index in [2.05, 4.69) is 27.7 Å². The van der Waals surface area contributed by atoms with Gasteiger partial charge in [0.2, 0.25) is 0 Å². The zero-order chi connectivity index (χ0) is 7.56. The van der Waals surface area contributed by atoms with Gasteiger partial charge in [0.1, 0.15) is 0 Å². The quantitative estimate of drug-likeness (QED) is 0.688. The molecule has 0 bridgehead atoms. The molecule has 0 spiro atoms. The molecule has 54 valence electrons. The van der Waals surface area contributed by atoms with Gasteiger partial charge in [0, 0.05) is 17.0 Å². The molecule has 0 aliphatic carbocycles. The third-order valence-corrected chi connectivity index (χ3v) is 1.81. The van der Waals surface area contributed by atoms with Gasteiger partial charge in [-0.15, -0.1) is 0 Å². The Kier molecular flexibility index (Phi) is 2.27. The molecule has 0 unspecified atom stereocenters. The fraction of sp³-hybridized carbons (Fsp3) is 0.286. The van der Waals surface area contributed by atoms with Crippen molar-refractivity contribution in [1.82, 2.24) is 5.16 Å². The molecule has 0 aromatic carbocycles. The molecule has 0 atom stereocenters. The van der Waals surface area contributed by atoms with Crippen molar-refractivity contribution in [3.63, 3.8) is 0 Å². The van der Waals surface area contributed by atoms with E-state index >= 15 is 0 Å². The SMILES string of the molecule is C=C(CBr)c1cc(C)no1. The van der Waals surface area contributed by atoms with E-state index in [1.165, 1.54) is 0 Å². The van der Waals surface area contributed by atoms with E-state index in [4.69, 9.17) is 4.52 Å². The van der Waals surface area contributed by atoms with Crippen LogP contribution in [0.2, 0.25) is 0 Å². The lowest BCUT2D eigenvalue weighted by molar-refractivity contribution is 0.406. The predicted molar refractivity (Wildman–Crippen MR) is 44.1 cm³/mol. The lowest BCUT2D eigenvalue weighted by Crippen LogP contribution is -1.77. The van der Waals surface area contributed by atoms with Gasteiger partial charge < -0.3 is 4.52 Å². The number of aromatic nitrogens is 1. The summed E-state index contributed by atoms with van der Waals surface area (Å²) in [6.07, 6.45) is 0. The molecule has 0 amide bonds. The molecule has 1 aromatic rings. The summed E-state index contributed by atoms with van der Waals surface area (Å²) in [6, 6.07) is 1.86. The molecule has 10 heavy (non-hydrogen) atoms. The van der Waals surface area contributed by atoms with Gasteiger partial charge in [0.15, 0.2) is 5.76 Å². The maximum atomic E-state index is 4.94. The Morgan fingerprint density at radius 3 is 3.00 bits per heavy atom.